The van der Waals surface area contributed by atoms with E-state index in [1.807, 2.05) is 13.8 Å². The van der Waals surface area contributed by atoms with Crippen molar-refractivity contribution in [3.8, 4) is 5.75 Å². The summed E-state index contributed by atoms with van der Waals surface area (Å²) in [4.78, 5) is 11.9. The Kier molecular flexibility index (Phi) is 5.98. The van der Waals surface area contributed by atoms with Crippen LogP contribution in [0, 0.1) is 0 Å². The SMILES string of the molecule is CCC(O)(CC)CNC(=O)[C@H](N)Cc1ccc(O)cc1. The van der Waals surface area contributed by atoms with Gasteiger partial charge in [0, 0.05) is 6.54 Å². The largest absolute Gasteiger partial charge is 0.508 e. The molecule has 0 fully saturated rings. The van der Waals surface area contributed by atoms with E-state index in [0.29, 0.717) is 19.3 Å². The Labute approximate surface area is 119 Å². The molecule has 0 aliphatic heterocycles. The minimum absolute atomic E-state index is 0.183. The molecule has 20 heavy (non-hydrogen) atoms. The van der Waals surface area contributed by atoms with Crippen LogP contribution in [-0.4, -0.2) is 34.3 Å². The first-order valence-corrected chi connectivity index (χ1v) is 6.93. The molecule has 112 valence electrons. The lowest BCUT2D eigenvalue weighted by molar-refractivity contribution is -0.123. The Morgan fingerprint density at radius 1 is 1.30 bits per heavy atom. The van der Waals surface area contributed by atoms with Gasteiger partial charge in [0.15, 0.2) is 0 Å². The first kappa shape index (κ1) is 16.5. The summed E-state index contributed by atoms with van der Waals surface area (Å²) in [5.41, 5.74) is 5.86. The molecule has 0 unspecified atom stereocenters. The van der Waals surface area contributed by atoms with E-state index in [-0.39, 0.29) is 18.2 Å². The molecule has 0 heterocycles. The second-order valence-corrected chi connectivity index (χ2v) is 5.13. The van der Waals surface area contributed by atoms with Crippen molar-refractivity contribution in [1.29, 1.82) is 0 Å². The van der Waals surface area contributed by atoms with Gasteiger partial charge in [-0.05, 0) is 37.0 Å². The first-order valence-electron chi connectivity index (χ1n) is 6.93. The van der Waals surface area contributed by atoms with Crippen LogP contribution in [0.4, 0.5) is 0 Å². The fraction of sp³-hybridized carbons (Fsp3) is 0.533. The maximum absolute atomic E-state index is 11.9. The molecule has 0 aromatic heterocycles. The molecule has 1 aromatic carbocycles. The Morgan fingerprint density at radius 3 is 2.35 bits per heavy atom. The lowest BCUT2D eigenvalue weighted by Gasteiger charge is -2.26. The highest BCUT2D eigenvalue weighted by atomic mass is 16.3. The highest BCUT2D eigenvalue weighted by Crippen LogP contribution is 2.13. The third kappa shape index (κ3) is 4.83. The molecule has 0 bridgehead atoms. The van der Waals surface area contributed by atoms with E-state index < -0.39 is 11.6 Å². The van der Waals surface area contributed by atoms with Crippen molar-refractivity contribution in [3.05, 3.63) is 29.8 Å². The number of phenolic OH excluding ortho intramolecular Hbond substituents is 1. The number of nitrogens with two attached hydrogens (primary N) is 1. The number of carbonyl (C=O) groups is 1. The van der Waals surface area contributed by atoms with Crippen LogP contribution in [0.25, 0.3) is 0 Å². The zero-order valence-corrected chi connectivity index (χ0v) is 12.1. The summed E-state index contributed by atoms with van der Waals surface area (Å²) in [6.07, 6.45) is 1.55. The lowest BCUT2D eigenvalue weighted by atomic mass is 9.97. The molecule has 1 atom stereocenters. The summed E-state index contributed by atoms with van der Waals surface area (Å²) >= 11 is 0. The third-order valence-electron chi connectivity index (χ3n) is 3.64. The molecule has 0 aliphatic carbocycles. The van der Waals surface area contributed by atoms with Gasteiger partial charge in [0.1, 0.15) is 5.75 Å². The van der Waals surface area contributed by atoms with Crippen molar-refractivity contribution < 1.29 is 15.0 Å². The molecule has 0 spiro atoms. The second kappa shape index (κ2) is 7.26. The number of benzene rings is 1. The number of carbonyl (C=O) groups excluding carboxylic acids is 1. The topological polar surface area (TPSA) is 95.6 Å². The normalized spacial score (nSPS) is 13.0. The molecule has 5 heteroatoms. The standard InChI is InChI=1S/C15H24N2O3/c1-3-15(20,4-2)10-17-14(19)13(16)9-11-5-7-12(18)8-6-11/h5-8,13,18,20H,3-4,9-10,16H2,1-2H3,(H,17,19)/t13-/m1/s1. The minimum Gasteiger partial charge on any atom is -0.508 e. The summed E-state index contributed by atoms with van der Waals surface area (Å²) in [5, 5.41) is 22.0. The number of hydrogen-bond acceptors (Lipinski definition) is 4. The summed E-state index contributed by atoms with van der Waals surface area (Å²) in [6, 6.07) is 5.92. The minimum atomic E-state index is -0.867. The summed E-state index contributed by atoms with van der Waals surface area (Å²) < 4.78 is 0. The van der Waals surface area contributed by atoms with Gasteiger partial charge in [0.05, 0.1) is 11.6 Å². The third-order valence-corrected chi connectivity index (χ3v) is 3.64. The van der Waals surface area contributed by atoms with Crippen molar-refractivity contribution in [1.82, 2.24) is 5.32 Å². The molecule has 1 rings (SSSR count). The molecule has 5 nitrogen and oxygen atoms in total. The molecule has 0 aliphatic rings. The number of aromatic hydroxyl groups is 1. The first-order chi connectivity index (χ1) is 9.40. The van der Waals surface area contributed by atoms with Crippen LogP contribution < -0.4 is 11.1 Å². The van der Waals surface area contributed by atoms with E-state index in [1.54, 1.807) is 24.3 Å². The fourth-order valence-corrected chi connectivity index (χ4v) is 1.86. The molecule has 0 radical (unpaired) electrons. The predicted molar refractivity (Wildman–Crippen MR) is 78.3 cm³/mol. The highest BCUT2D eigenvalue weighted by Gasteiger charge is 2.24. The average Bonchev–Trinajstić information content (AvgIpc) is 2.46. The second-order valence-electron chi connectivity index (χ2n) is 5.13. The number of aliphatic hydroxyl groups is 1. The molecule has 1 aromatic rings. The number of rotatable bonds is 7. The van der Waals surface area contributed by atoms with Crippen LogP contribution in [-0.2, 0) is 11.2 Å². The van der Waals surface area contributed by atoms with E-state index in [0.717, 1.165) is 5.56 Å². The Bertz CT molecular complexity index is 427. The summed E-state index contributed by atoms with van der Waals surface area (Å²) in [6.45, 7) is 3.97. The van der Waals surface area contributed by atoms with Gasteiger partial charge in [-0.25, -0.2) is 0 Å². The van der Waals surface area contributed by atoms with Crippen LogP contribution in [0.5, 0.6) is 5.75 Å². The molecular weight excluding hydrogens is 256 g/mol. The van der Waals surface area contributed by atoms with E-state index in [9.17, 15) is 15.0 Å². The number of amides is 1. The Hall–Kier alpha value is -1.59. The van der Waals surface area contributed by atoms with Gasteiger partial charge in [-0.1, -0.05) is 26.0 Å². The van der Waals surface area contributed by atoms with Crippen LogP contribution in [0.1, 0.15) is 32.3 Å². The van der Waals surface area contributed by atoms with Crippen molar-refractivity contribution >= 4 is 5.91 Å². The van der Waals surface area contributed by atoms with Crippen LogP contribution in [0.15, 0.2) is 24.3 Å². The van der Waals surface area contributed by atoms with Gasteiger partial charge in [-0.3, -0.25) is 4.79 Å². The Balaban J connectivity index is 2.49. The predicted octanol–water partition coefficient (Wildman–Crippen LogP) is 0.929. The number of nitrogens with one attached hydrogen (secondary N) is 1. The maximum Gasteiger partial charge on any atom is 0.237 e. The van der Waals surface area contributed by atoms with Gasteiger partial charge in [0.25, 0.3) is 0 Å². The number of phenols is 1. The fourth-order valence-electron chi connectivity index (χ4n) is 1.86. The van der Waals surface area contributed by atoms with Crippen molar-refractivity contribution in [2.45, 2.75) is 44.8 Å². The highest BCUT2D eigenvalue weighted by molar-refractivity contribution is 5.81. The van der Waals surface area contributed by atoms with E-state index in [4.69, 9.17) is 5.73 Å². The zero-order valence-electron chi connectivity index (χ0n) is 12.1. The summed E-state index contributed by atoms with van der Waals surface area (Å²) in [5.74, 6) is -0.0962. The van der Waals surface area contributed by atoms with Crippen LogP contribution in [0.3, 0.4) is 0 Å². The van der Waals surface area contributed by atoms with E-state index in [1.165, 1.54) is 0 Å². The molecule has 0 saturated heterocycles. The smallest absolute Gasteiger partial charge is 0.237 e. The molecular formula is C15H24N2O3. The average molecular weight is 280 g/mol. The lowest BCUT2D eigenvalue weighted by Crippen LogP contribution is -2.48. The van der Waals surface area contributed by atoms with Crippen molar-refractivity contribution in [3.63, 3.8) is 0 Å². The van der Waals surface area contributed by atoms with Gasteiger partial charge < -0.3 is 21.3 Å². The molecule has 5 N–H and O–H groups in total. The van der Waals surface area contributed by atoms with Gasteiger partial charge in [-0.15, -0.1) is 0 Å². The molecule has 1 amide bonds. The van der Waals surface area contributed by atoms with Gasteiger partial charge in [0.2, 0.25) is 5.91 Å². The van der Waals surface area contributed by atoms with Crippen molar-refractivity contribution in [2.75, 3.05) is 6.54 Å². The van der Waals surface area contributed by atoms with Gasteiger partial charge in [-0.2, -0.15) is 0 Å². The Morgan fingerprint density at radius 2 is 1.85 bits per heavy atom. The van der Waals surface area contributed by atoms with E-state index in [2.05, 4.69) is 5.32 Å². The quantitative estimate of drug-likeness (QED) is 0.597. The zero-order chi connectivity index (χ0) is 15.2. The van der Waals surface area contributed by atoms with Crippen LogP contribution >= 0.6 is 0 Å². The summed E-state index contributed by atoms with van der Waals surface area (Å²) in [7, 11) is 0. The monoisotopic (exact) mass is 280 g/mol. The van der Waals surface area contributed by atoms with Gasteiger partial charge >= 0.3 is 0 Å². The van der Waals surface area contributed by atoms with Crippen LogP contribution in [0.2, 0.25) is 0 Å². The number of hydrogen-bond donors (Lipinski definition) is 4. The molecule has 0 saturated carbocycles. The van der Waals surface area contributed by atoms with E-state index >= 15 is 0 Å². The maximum atomic E-state index is 11.9. The van der Waals surface area contributed by atoms with Crippen molar-refractivity contribution in [2.24, 2.45) is 5.73 Å².